The van der Waals surface area contributed by atoms with Crippen LogP contribution in [0.2, 0.25) is 0 Å². The summed E-state index contributed by atoms with van der Waals surface area (Å²) in [6.45, 7) is -1.01. The summed E-state index contributed by atoms with van der Waals surface area (Å²) in [4.78, 5) is 22.3. The molecule has 1 N–H and O–H groups in total. The molecule has 0 bridgehead atoms. The summed E-state index contributed by atoms with van der Waals surface area (Å²) in [7, 11) is 0. The number of nitro benzene ring substituents is 1. The molecule has 0 heterocycles. The minimum absolute atomic E-state index is 0.0955. The van der Waals surface area contributed by atoms with Crippen LogP contribution in [-0.4, -0.2) is 17.4 Å². The third-order valence-corrected chi connectivity index (χ3v) is 4.45. The Bertz CT molecular complexity index is 1290. The number of rotatable bonds is 7. The summed E-state index contributed by atoms with van der Waals surface area (Å²) in [5, 5.41) is 13.2. The Morgan fingerprint density at radius 1 is 0.889 bits per heavy atom. The monoisotopic (exact) mass is 518 g/mol. The molecule has 0 saturated heterocycles. The molecule has 36 heavy (non-hydrogen) atoms. The minimum atomic E-state index is -4.87. The molecule has 3 aromatic rings. The quantitative estimate of drug-likeness (QED) is 0.217. The first-order chi connectivity index (χ1) is 16.7. The number of hydrogen-bond donors (Lipinski definition) is 1. The Morgan fingerprint density at radius 2 is 1.50 bits per heavy atom. The van der Waals surface area contributed by atoms with Crippen molar-refractivity contribution >= 4 is 17.3 Å². The van der Waals surface area contributed by atoms with Gasteiger partial charge >= 0.3 is 18.0 Å². The summed E-state index contributed by atoms with van der Waals surface area (Å²) < 4.78 is 102. The van der Waals surface area contributed by atoms with Crippen molar-refractivity contribution in [1.82, 2.24) is 0 Å². The van der Waals surface area contributed by atoms with E-state index in [0.29, 0.717) is 24.3 Å². The second-order valence-corrected chi connectivity index (χ2v) is 7.04. The van der Waals surface area contributed by atoms with Gasteiger partial charge in [0, 0.05) is 12.1 Å². The van der Waals surface area contributed by atoms with Gasteiger partial charge in [0.15, 0.2) is 18.1 Å². The maximum Gasteiger partial charge on any atom is 0.416 e. The van der Waals surface area contributed by atoms with Gasteiger partial charge in [-0.3, -0.25) is 14.9 Å². The van der Waals surface area contributed by atoms with E-state index < -0.39 is 63.9 Å². The van der Waals surface area contributed by atoms with Crippen LogP contribution in [0.5, 0.6) is 17.2 Å². The number of nitro groups is 1. The maximum atomic E-state index is 13.4. The van der Waals surface area contributed by atoms with E-state index in [1.165, 1.54) is 12.1 Å². The van der Waals surface area contributed by atoms with Crippen LogP contribution in [0.15, 0.2) is 60.7 Å². The predicted molar refractivity (Wildman–Crippen MR) is 110 cm³/mol. The van der Waals surface area contributed by atoms with Crippen LogP contribution >= 0.6 is 0 Å². The van der Waals surface area contributed by atoms with Crippen molar-refractivity contribution in [3.05, 3.63) is 87.7 Å². The second kappa shape index (κ2) is 10.1. The summed E-state index contributed by atoms with van der Waals surface area (Å²) in [5.41, 5.74) is -4.06. The number of halogens is 7. The highest BCUT2D eigenvalue weighted by molar-refractivity contribution is 5.93. The van der Waals surface area contributed by atoms with Crippen molar-refractivity contribution in [2.45, 2.75) is 12.4 Å². The molecule has 0 aromatic heterocycles. The fraction of sp³-hybridized carbons (Fsp3) is 0.136. The number of nitrogens with zero attached hydrogens (tertiary/aromatic N) is 1. The smallest absolute Gasteiger partial charge is 0.416 e. The highest BCUT2D eigenvalue weighted by Crippen LogP contribution is 2.38. The summed E-state index contributed by atoms with van der Waals surface area (Å²) in [6.07, 6.45) is -9.67. The Kier molecular flexibility index (Phi) is 7.36. The van der Waals surface area contributed by atoms with E-state index in [0.717, 1.165) is 18.2 Å². The first kappa shape index (κ1) is 26.2. The normalized spacial score (nSPS) is 11.6. The zero-order valence-corrected chi connectivity index (χ0v) is 17.6. The standard InChI is InChI=1S/C22H13F7N2O5/c23-14-2-1-3-15(10-14)36-18-6-4-12(21(24,25)26)8-16(18)30-20(32)11-35-19-7-5-13(22(27,28)29)9-17(19)31(33)34/h1-10H,11H2,(H,30,32). The van der Waals surface area contributed by atoms with Crippen molar-refractivity contribution in [2.24, 2.45) is 0 Å². The lowest BCUT2D eigenvalue weighted by Gasteiger charge is -2.15. The molecule has 0 atom stereocenters. The molecule has 14 heteroatoms. The molecule has 0 radical (unpaired) electrons. The SMILES string of the molecule is O=C(COc1ccc(C(F)(F)F)cc1[N+](=O)[O-])Nc1cc(C(F)(F)F)ccc1Oc1cccc(F)c1. The van der Waals surface area contributed by atoms with E-state index in [1.54, 1.807) is 0 Å². The lowest BCUT2D eigenvalue weighted by molar-refractivity contribution is -0.386. The number of nitrogens with one attached hydrogen (secondary N) is 1. The number of amides is 1. The van der Waals surface area contributed by atoms with Crippen molar-refractivity contribution < 1.29 is 49.9 Å². The van der Waals surface area contributed by atoms with Gasteiger partial charge in [0.05, 0.1) is 21.7 Å². The minimum Gasteiger partial charge on any atom is -0.477 e. The van der Waals surface area contributed by atoms with Gasteiger partial charge in [-0.2, -0.15) is 26.3 Å². The maximum absolute atomic E-state index is 13.4. The summed E-state index contributed by atoms with van der Waals surface area (Å²) in [5.74, 6) is -2.89. The molecule has 0 aliphatic carbocycles. The van der Waals surface area contributed by atoms with Gasteiger partial charge in [0.1, 0.15) is 11.6 Å². The highest BCUT2D eigenvalue weighted by atomic mass is 19.4. The average Bonchev–Trinajstić information content (AvgIpc) is 2.77. The van der Waals surface area contributed by atoms with Crippen molar-refractivity contribution in [2.75, 3.05) is 11.9 Å². The number of hydrogen-bond acceptors (Lipinski definition) is 5. The van der Waals surface area contributed by atoms with Crippen molar-refractivity contribution in [3.8, 4) is 17.2 Å². The molecular weight excluding hydrogens is 505 g/mol. The van der Waals surface area contributed by atoms with Crippen LogP contribution in [0, 0.1) is 15.9 Å². The van der Waals surface area contributed by atoms with E-state index in [-0.39, 0.29) is 17.6 Å². The number of ether oxygens (including phenoxy) is 2. The molecular formula is C22H13F7N2O5. The van der Waals surface area contributed by atoms with E-state index in [1.807, 2.05) is 0 Å². The van der Waals surface area contributed by atoms with Gasteiger partial charge in [0.25, 0.3) is 5.91 Å². The first-order valence-corrected chi connectivity index (χ1v) is 9.67. The Hall–Kier alpha value is -4.36. The molecule has 0 aliphatic heterocycles. The van der Waals surface area contributed by atoms with Crippen molar-refractivity contribution in [1.29, 1.82) is 0 Å². The third-order valence-electron chi connectivity index (χ3n) is 4.45. The molecule has 0 spiro atoms. The van der Waals surface area contributed by atoms with Gasteiger partial charge in [-0.25, -0.2) is 4.39 Å². The van der Waals surface area contributed by atoms with E-state index >= 15 is 0 Å². The van der Waals surface area contributed by atoms with Gasteiger partial charge in [-0.05, 0) is 42.5 Å². The van der Waals surface area contributed by atoms with Crippen LogP contribution in [0.3, 0.4) is 0 Å². The molecule has 7 nitrogen and oxygen atoms in total. The molecule has 190 valence electrons. The molecule has 3 aromatic carbocycles. The van der Waals surface area contributed by atoms with Crippen LogP contribution in [0.1, 0.15) is 11.1 Å². The number of benzene rings is 3. The molecule has 3 rings (SSSR count). The number of carbonyl (C=O) groups excluding carboxylic acids is 1. The Labute approximate surface area is 197 Å². The van der Waals surface area contributed by atoms with Crippen molar-refractivity contribution in [3.63, 3.8) is 0 Å². The number of alkyl halides is 6. The molecule has 0 aliphatic rings. The van der Waals surface area contributed by atoms with Gasteiger partial charge in [-0.15, -0.1) is 0 Å². The Morgan fingerprint density at radius 3 is 2.08 bits per heavy atom. The number of anilines is 1. The molecule has 0 unspecified atom stereocenters. The molecule has 0 fully saturated rings. The fourth-order valence-corrected chi connectivity index (χ4v) is 2.84. The first-order valence-electron chi connectivity index (χ1n) is 9.67. The van der Waals surface area contributed by atoms with Gasteiger partial charge in [-0.1, -0.05) is 6.07 Å². The average molecular weight is 518 g/mol. The van der Waals surface area contributed by atoms with Gasteiger partial charge in [0.2, 0.25) is 0 Å². The van der Waals surface area contributed by atoms with Gasteiger partial charge < -0.3 is 14.8 Å². The highest BCUT2D eigenvalue weighted by Gasteiger charge is 2.34. The van der Waals surface area contributed by atoms with E-state index in [9.17, 15) is 45.6 Å². The van der Waals surface area contributed by atoms with Crippen LogP contribution in [-0.2, 0) is 17.1 Å². The second-order valence-electron chi connectivity index (χ2n) is 7.04. The summed E-state index contributed by atoms with van der Waals surface area (Å²) >= 11 is 0. The van der Waals surface area contributed by atoms with Crippen LogP contribution in [0.4, 0.5) is 42.1 Å². The lowest BCUT2D eigenvalue weighted by Crippen LogP contribution is -2.21. The molecule has 0 saturated carbocycles. The fourth-order valence-electron chi connectivity index (χ4n) is 2.84. The lowest BCUT2D eigenvalue weighted by atomic mass is 10.1. The number of carbonyl (C=O) groups is 1. The van der Waals surface area contributed by atoms with E-state index in [2.05, 4.69) is 5.32 Å². The molecule has 1 amide bonds. The largest absolute Gasteiger partial charge is 0.477 e. The zero-order valence-electron chi connectivity index (χ0n) is 17.6. The third kappa shape index (κ3) is 6.61. The topological polar surface area (TPSA) is 90.7 Å². The zero-order chi connectivity index (χ0) is 26.7. The van der Waals surface area contributed by atoms with Crippen LogP contribution in [0.25, 0.3) is 0 Å². The summed E-state index contributed by atoms with van der Waals surface area (Å²) in [6, 6.07) is 8.04. The Balaban J connectivity index is 1.82. The predicted octanol–water partition coefficient (Wildman–Crippen LogP) is 6.58. The van der Waals surface area contributed by atoms with E-state index in [4.69, 9.17) is 9.47 Å². The van der Waals surface area contributed by atoms with Crippen LogP contribution < -0.4 is 14.8 Å².